The number of benzene rings is 1. The predicted octanol–water partition coefficient (Wildman–Crippen LogP) is 3.43. The van der Waals surface area contributed by atoms with E-state index in [9.17, 15) is 13.2 Å². The lowest BCUT2D eigenvalue weighted by Gasteiger charge is -2.33. The standard InChI is InChI=1S/C14H17F3N2S/c1-2-13(19-9-7-18-8-10-19)11-3-5-12(6-4-11)20-14(15,16)17/h2-6,13,18H,1,7-10H2/t13-/m0/s1. The molecular weight excluding hydrogens is 285 g/mol. The van der Waals surface area contributed by atoms with Crippen molar-refractivity contribution in [2.75, 3.05) is 26.2 Å². The van der Waals surface area contributed by atoms with Crippen molar-refractivity contribution in [2.45, 2.75) is 16.4 Å². The number of piperazine rings is 1. The maximum Gasteiger partial charge on any atom is 0.446 e. The lowest BCUT2D eigenvalue weighted by Crippen LogP contribution is -2.44. The Kier molecular flexibility index (Phi) is 5.12. The molecular formula is C14H17F3N2S. The summed E-state index contributed by atoms with van der Waals surface area (Å²) in [6, 6.07) is 6.60. The summed E-state index contributed by atoms with van der Waals surface area (Å²) in [6.45, 7) is 7.52. The smallest absolute Gasteiger partial charge is 0.314 e. The molecule has 1 N–H and O–H groups in total. The fraction of sp³-hybridized carbons (Fsp3) is 0.429. The largest absolute Gasteiger partial charge is 0.446 e. The first-order valence-corrected chi connectivity index (χ1v) is 7.24. The van der Waals surface area contributed by atoms with Crippen molar-refractivity contribution in [3.8, 4) is 0 Å². The molecule has 20 heavy (non-hydrogen) atoms. The maximum atomic E-state index is 12.3. The number of nitrogens with one attached hydrogen (secondary N) is 1. The van der Waals surface area contributed by atoms with Crippen molar-refractivity contribution in [1.82, 2.24) is 10.2 Å². The van der Waals surface area contributed by atoms with Gasteiger partial charge in [0, 0.05) is 31.1 Å². The number of thioether (sulfide) groups is 1. The van der Waals surface area contributed by atoms with Crippen LogP contribution < -0.4 is 5.32 Å². The number of alkyl halides is 3. The summed E-state index contributed by atoms with van der Waals surface area (Å²) in [7, 11) is 0. The number of rotatable bonds is 4. The quantitative estimate of drug-likeness (QED) is 0.677. The number of halogens is 3. The molecule has 1 saturated heterocycles. The zero-order valence-corrected chi connectivity index (χ0v) is 11.8. The monoisotopic (exact) mass is 302 g/mol. The van der Waals surface area contributed by atoms with Crippen LogP contribution in [0.5, 0.6) is 0 Å². The first-order chi connectivity index (χ1) is 9.49. The number of hydrogen-bond donors (Lipinski definition) is 1. The van der Waals surface area contributed by atoms with Crippen LogP contribution in [-0.2, 0) is 0 Å². The highest BCUT2D eigenvalue weighted by atomic mass is 32.2. The van der Waals surface area contributed by atoms with Gasteiger partial charge in [-0.2, -0.15) is 13.2 Å². The Morgan fingerprint density at radius 2 is 1.80 bits per heavy atom. The molecule has 0 amide bonds. The van der Waals surface area contributed by atoms with Gasteiger partial charge >= 0.3 is 5.51 Å². The van der Waals surface area contributed by atoms with Gasteiger partial charge in [-0.25, -0.2) is 0 Å². The molecule has 2 rings (SSSR count). The van der Waals surface area contributed by atoms with Crippen molar-refractivity contribution in [2.24, 2.45) is 0 Å². The van der Waals surface area contributed by atoms with Crippen molar-refractivity contribution >= 4 is 11.8 Å². The van der Waals surface area contributed by atoms with Gasteiger partial charge in [0.25, 0.3) is 0 Å². The molecule has 0 spiro atoms. The molecule has 2 nitrogen and oxygen atoms in total. The van der Waals surface area contributed by atoms with E-state index in [1.54, 1.807) is 12.1 Å². The second kappa shape index (κ2) is 6.65. The van der Waals surface area contributed by atoms with Crippen molar-refractivity contribution in [1.29, 1.82) is 0 Å². The van der Waals surface area contributed by atoms with Gasteiger partial charge in [-0.15, -0.1) is 6.58 Å². The van der Waals surface area contributed by atoms with Crippen LogP contribution in [0.4, 0.5) is 13.2 Å². The number of nitrogens with zero attached hydrogens (tertiary/aromatic N) is 1. The van der Waals surface area contributed by atoms with E-state index in [1.807, 2.05) is 6.08 Å². The number of hydrogen-bond acceptors (Lipinski definition) is 3. The van der Waals surface area contributed by atoms with Crippen LogP contribution >= 0.6 is 11.8 Å². The Balaban J connectivity index is 2.08. The van der Waals surface area contributed by atoms with Crippen LogP contribution in [0, 0.1) is 0 Å². The Bertz CT molecular complexity index is 439. The van der Waals surface area contributed by atoms with E-state index in [4.69, 9.17) is 0 Å². The third-order valence-electron chi connectivity index (χ3n) is 3.22. The van der Waals surface area contributed by atoms with Crippen LogP contribution in [0.1, 0.15) is 11.6 Å². The highest BCUT2D eigenvalue weighted by Gasteiger charge is 2.29. The first-order valence-electron chi connectivity index (χ1n) is 6.42. The average Bonchev–Trinajstić information content (AvgIpc) is 2.41. The highest BCUT2D eigenvalue weighted by Crippen LogP contribution is 2.37. The van der Waals surface area contributed by atoms with E-state index in [-0.39, 0.29) is 22.7 Å². The van der Waals surface area contributed by atoms with Gasteiger partial charge in [0.15, 0.2) is 0 Å². The summed E-state index contributed by atoms with van der Waals surface area (Å²) < 4.78 is 36.9. The van der Waals surface area contributed by atoms with Gasteiger partial charge in [-0.05, 0) is 29.5 Å². The Labute approximate surface area is 121 Å². The zero-order valence-electron chi connectivity index (χ0n) is 11.0. The minimum absolute atomic E-state index is 0.0574. The summed E-state index contributed by atoms with van der Waals surface area (Å²) in [5.74, 6) is 0. The van der Waals surface area contributed by atoms with Crippen LogP contribution in [0.3, 0.4) is 0 Å². The fourth-order valence-electron chi connectivity index (χ4n) is 2.32. The van der Waals surface area contributed by atoms with Gasteiger partial charge in [0.1, 0.15) is 0 Å². The molecule has 6 heteroatoms. The summed E-state index contributed by atoms with van der Waals surface area (Å²) in [5.41, 5.74) is -3.26. The Morgan fingerprint density at radius 1 is 1.20 bits per heavy atom. The van der Waals surface area contributed by atoms with E-state index < -0.39 is 5.51 Å². The average molecular weight is 302 g/mol. The van der Waals surface area contributed by atoms with E-state index in [0.717, 1.165) is 31.7 Å². The summed E-state index contributed by atoms with van der Waals surface area (Å²) >= 11 is -0.0851. The molecule has 1 heterocycles. The van der Waals surface area contributed by atoms with Crippen LogP contribution in [0.15, 0.2) is 41.8 Å². The molecule has 110 valence electrons. The predicted molar refractivity (Wildman–Crippen MR) is 75.7 cm³/mol. The van der Waals surface area contributed by atoms with Gasteiger partial charge in [0.2, 0.25) is 0 Å². The van der Waals surface area contributed by atoms with E-state index in [2.05, 4.69) is 16.8 Å². The van der Waals surface area contributed by atoms with E-state index in [0.29, 0.717) is 0 Å². The second-order valence-corrected chi connectivity index (χ2v) is 5.72. The molecule has 1 atom stereocenters. The maximum absolute atomic E-state index is 12.3. The molecule has 0 bridgehead atoms. The summed E-state index contributed by atoms with van der Waals surface area (Å²) in [4.78, 5) is 2.49. The molecule has 1 aromatic rings. The van der Waals surface area contributed by atoms with Crippen molar-refractivity contribution in [3.63, 3.8) is 0 Å². The third-order valence-corrected chi connectivity index (χ3v) is 3.96. The molecule has 0 saturated carbocycles. The molecule has 1 aromatic carbocycles. The third kappa shape index (κ3) is 4.26. The lowest BCUT2D eigenvalue weighted by atomic mass is 10.0. The van der Waals surface area contributed by atoms with Crippen LogP contribution in [0.25, 0.3) is 0 Å². The molecule has 1 aliphatic heterocycles. The normalized spacial score (nSPS) is 18.8. The Hall–Kier alpha value is -0.980. The van der Waals surface area contributed by atoms with Crippen molar-refractivity contribution < 1.29 is 13.2 Å². The van der Waals surface area contributed by atoms with Gasteiger partial charge < -0.3 is 5.32 Å². The fourth-order valence-corrected chi connectivity index (χ4v) is 2.86. The molecule has 0 unspecified atom stereocenters. The first kappa shape index (κ1) is 15.4. The van der Waals surface area contributed by atoms with E-state index >= 15 is 0 Å². The topological polar surface area (TPSA) is 15.3 Å². The van der Waals surface area contributed by atoms with Gasteiger partial charge in [-0.3, -0.25) is 4.90 Å². The van der Waals surface area contributed by atoms with Crippen LogP contribution in [-0.4, -0.2) is 36.6 Å². The van der Waals surface area contributed by atoms with Crippen LogP contribution in [0.2, 0.25) is 0 Å². The van der Waals surface area contributed by atoms with Gasteiger partial charge in [0.05, 0.1) is 6.04 Å². The van der Waals surface area contributed by atoms with Crippen molar-refractivity contribution in [3.05, 3.63) is 42.5 Å². The molecule has 0 aliphatic carbocycles. The summed E-state index contributed by atoms with van der Waals surface area (Å²) in [6.07, 6.45) is 1.84. The lowest BCUT2D eigenvalue weighted by molar-refractivity contribution is -0.0328. The minimum Gasteiger partial charge on any atom is -0.314 e. The second-order valence-electron chi connectivity index (χ2n) is 4.58. The molecule has 0 aromatic heterocycles. The minimum atomic E-state index is -4.24. The zero-order chi connectivity index (χ0) is 14.6. The summed E-state index contributed by atoms with van der Waals surface area (Å²) in [5, 5.41) is 3.28. The SMILES string of the molecule is C=C[C@@H](c1ccc(SC(F)(F)F)cc1)N1CCNCC1. The van der Waals surface area contributed by atoms with E-state index in [1.165, 1.54) is 12.1 Å². The highest BCUT2D eigenvalue weighted by molar-refractivity contribution is 8.00. The molecule has 0 radical (unpaired) electrons. The van der Waals surface area contributed by atoms with Gasteiger partial charge in [-0.1, -0.05) is 18.2 Å². The Morgan fingerprint density at radius 3 is 2.30 bits per heavy atom. The molecule has 1 aliphatic rings. The molecule has 1 fully saturated rings.